The number of carbonyl (C=O) groups excluding carboxylic acids is 1. The summed E-state index contributed by atoms with van der Waals surface area (Å²) >= 11 is 0. The van der Waals surface area contributed by atoms with Gasteiger partial charge in [0, 0.05) is 12.6 Å². The second-order valence-corrected chi connectivity index (χ2v) is 5.14. The van der Waals surface area contributed by atoms with E-state index in [0.29, 0.717) is 11.6 Å². The van der Waals surface area contributed by atoms with Crippen LogP contribution in [0.15, 0.2) is 10.6 Å². The van der Waals surface area contributed by atoms with Gasteiger partial charge in [-0.05, 0) is 26.7 Å². The molecule has 20 heavy (non-hydrogen) atoms. The lowest BCUT2D eigenvalue weighted by molar-refractivity contribution is -0.131. The number of hydrogen-bond acceptors (Lipinski definition) is 5. The summed E-state index contributed by atoms with van der Waals surface area (Å²) in [4.78, 5) is 18.6. The molecule has 0 radical (unpaired) electrons. The van der Waals surface area contributed by atoms with Crippen LogP contribution >= 0.6 is 0 Å². The monoisotopic (exact) mass is 275 g/mol. The molecule has 106 valence electrons. The molecule has 0 aromatic carbocycles. The first-order chi connectivity index (χ1) is 9.63. The van der Waals surface area contributed by atoms with Crippen molar-refractivity contribution in [2.45, 2.75) is 39.2 Å². The third kappa shape index (κ3) is 2.43. The molecule has 1 amide bonds. The van der Waals surface area contributed by atoms with Crippen molar-refractivity contribution in [3.05, 3.63) is 29.2 Å². The SMILES string of the molecule is Cc1cc(CC(=O)N2CCC[C@@H]2c2n[nH]c(C)n2)on1. The minimum atomic E-state index is -0.0310. The summed E-state index contributed by atoms with van der Waals surface area (Å²) in [5, 5.41) is 10.8. The summed E-state index contributed by atoms with van der Waals surface area (Å²) in [6.45, 7) is 4.44. The van der Waals surface area contributed by atoms with Gasteiger partial charge in [-0.1, -0.05) is 5.16 Å². The molecule has 2 aromatic heterocycles. The molecule has 0 aliphatic carbocycles. The van der Waals surface area contributed by atoms with Gasteiger partial charge in [-0.25, -0.2) is 4.98 Å². The molecule has 0 unspecified atom stereocenters. The summed E-state index contributed by atoms with van der Waals surface area (Å²) in [5.41, 5.74) is 0.787. The van der Waals surface area contributed by atoms with Crippen LogP contribution < -0.4 is 0 Å². The number of aromatic nitrogens is 4. The first-order valence-electron chi connectivity index (χ1n) is 6.74. The van der Waals surface area contributed by atoms with Crippen LogP contribution in [0.25, 0.3) is 0 Å². The number of aromatic amines is 1. The van der Waals surface area contributed by atoms with Gasteiger partial charge in [0.05, 0.1) is 18.2 Å². The van der Waals surface area contributed by atoms with E-state index in [0.717, 1.165) is 30.9 Å². The van der Waals surface area contributed by atoms with Crippen molar-refractivity contribution in [1.82, 2.24) is 25.2 Å². The lowest BCUT2D eigenvalue weighted by atomic mass is 10.2. The fourth-order valence-electron chi connectivity index (χ4n) is 2.59. The molecule has 1 atom stereocenters. The van der Waals surface area contributed by atoms with Crippen molar-refractivity contribution in [2.24, 2.45) is 0 Å². The largest absolute Gasteiger partial charge is 0.361 e. The van der Waals surface area contributed by atoms with E-state index in [-0.39, 0.29) is 18.4 Å². The van der Waals surface area contributed by atoms with Gasteiger partial charge < -0.3 is 9.42 Å². The Hall–Kier alpha value is -2.18. The molecular weight excluding hydrogens is 258 g/mol. The molecule has 1 aliphatic rings. The highest BCUT2D eigenvalue weighted by molar-refractivity contribution is 5.78. The van der Waals surface area contributed by atoms with Gasteiger partial charge in [-0.3, -0.25) is 9.89 Å². The van der Waals surface area contributed by atoms with Crippen LogP contribution in [0.5, 0.6) is 0 Å². The molecule has 7 heteroatoms. The number of aryl methyl sites for hydroxylation is 2. The van der Waals surface area contributed by atoms with Crippen molar-refractivity contribution in [3.8, 4) is 0 Å². The number of carbonyl (C=O) groups is 1. The van der Waals surface area contributed by atoms with Crippen LogP contribution in [0.4, 0.5) is 0 Å². The van der Waals surface area contributed by atoms with Crippen LogP contribution in [0, 0.1) is 13.8 Å². The predicted octanol–water partition coefficient (Wildman–Crippen LogP) is 1.32. The average molecular weight is 275 g/mol. The summed E-state index contributed by atoms with van der Waals surface area (Å²) in [7, 11) is 0. The zero-order chi connectivity index (χ0) is 14.1. The maximum absolute atomic E-state index is 12.4. The summed E-state index contributed by atoms with van der Waals surface area (Å²) in [5.74, 6) is 2.10. The number of rotatable bonds is 3. The van der Waals surface area contributed by atoms with E-state index in [4.69, 9.17) is 4.52 Å². The lowest BCUT2D eigenvalue weighted by Gasteiger charge is -2.21. The summed E-state index contributed by atoms with van der Waals surface area (Å²) in [6.07, 6.45) is 2.11. The number of nitrogens with zero attached hydrogens (tertiary/aromatic N) is 4. The highest BCUT2D eigenvalue weighted by Gasteiger charge is 2.32. The van der Waals surface area contributed by atoms with Gasteiger partial charge in [-0.2, -0.15) is 5.10 Å². The lowest BCUT2D eigenvalue weighted by Crippen LogP contribution is -2.32. The second kappa shape index (κ2) is 5.07. The Kier molecular flexibility index (Phi) is 3.25. The number of amides is 1. The third-order valence-corrected chi connectivity index (χ3v) is 3.49. The van der Waals surface area contributed by atoms with Crippen molar-refractivity contribution >= 4 is 5.91 Å². The highest BCUT2D eigenvalue weighted by atomic mass is 16.5. The third-order valence-electron chi connectivity index (χ3n) is 3.49. The van der Waals surface area contributed by atoms with E-state index < -0.39 is 0 Å². The van der Waals surface area contributed by atoms with E-state index in [9.17, 15) is 4.79 Å². The average Bonchev–Trinajstić information content (AvgIpc) is 3.09. The molecular formula is C13H17N5O2. The molecule has 0 saturated carbocycles. The first-order valence-corrected chi connectivity index (χ1v) is 6.74. The van der Waals surface area contributed by atoms with Crippen molar-refractivity contribution in [1.29, 1.82) is 0 Å². The van der Waals surface area contributed by atoms with Gasteiger partial charge in [0.1, 0.15) is 11.6 Å². The van der Waals surface area contributed by atoms with Crippen LogP contribution in [0.2, 0.25) is 0 Å². The Morgan fingerprint density at radius 2 is 2.40 bits per heavy atom. The number of H-pyrrole nitrogens is 1. The Labute approximate surface area is 116 Å². The molecule has 1 N–H and O–H groups in total. The quantitative estimate of drug-likeness (QED) is 0.912. The van der Waals surface area contributed by atoms with E-state index in [1.165, 1.54) is 0 Å². The molecule has 2 aromatic rings. The molecule has 1 aliphatic heterocycles. The minimum Gasteiger partial charge on any atom is -0.361 e. The number of nitrogens with one attached hydrogen (secondary N) is 1. The van der Waals surface area contributed by atoms with Gasteiger partial charge in [0.25, 0.3) is 0 Å². The van der Waals surface area contributed by atoms with Crippen LogP contribution in [0.3, 0.4) is 0 Å². The zero-order valence-electron chi connectivity index (χ0n) is 11.6. The molecule has 3 rings (SSSR count). The van der Waals surface area contributed by atoms with Crippen molar-refractivity contribution < 1.29 is 9.32 Å². The molecule has 1 fully saturated rings. The van der Waals surface area contributed by atoms with Gasteiger partial charge >= 0.3 is 0 Å². The van der Waals surface area contributed by atoms with Gasteiger partial charge in [0.2, 0.25) is 5.91 Å². The summed E-state index contributed by atoms with van der Waals surface area (Å²) in [6, 6.07) is 1.76. The molecule has 1 saturated heterocycles. The second-order valence-electron chi connectivity index (χ2n) is 5.14. The van der Waals surface area contributed by atoms with Crippen LogP contribution in [0.1, 0.15) is 42.0 Å². The zero-order valence-corrected chi connectivity index (χ0v) is 11.6. The topological polar surface area (TPSA) is 87.9 Å². The van der Waals surface area contributed by atoms with Gasteiger partial charge in [-0.15, -0.1) is 0 Å². The molecule has 3 heterocycles. The molecule has 0 bridgehead atoms. The van der Waals surface area contributed by atoms with E-state index in [1.54, 1.807) is 6.07 Å². The van der Waals surface area contributed by atoms with E-state index in [1.807, 2.05) is 18.7 Å². The van der Waals surface area contributed by atoms with E-state index in [2.05, 4.69) is 20.3 Å². The Morgan fingerprint density at radius 3 is 3.05 bits per heavy atom. The first kappa shape index (κ1) is 12.8. The van der Waals surface area contributed by atoms with Crippen molar-refractivity contribution in [3.63, 3.8) is 0 Å². The smallest absolute Gasteiger partial charge is 0.230 e. The Bertz CT molecular complexity index is 618. The van der Waals surface area contributed by atoms with Crippen LogP contribution in [-0.4, -0.2) is 37.7 Å². The fraction of sp³-hybridized carbons (Fsp3) is 0.538. The highest BCUT2D eigenvalue weighted by Crippen LogP contribution is 2.30. The molecule has 0 spiro atoms. The maximum Gasteiger partial charge on any atom is 0.230 e. The molecule has 7 nitrogen and oxygen atoms in total. The minimum absolute atomic E-state index is 0.0310. The Balaban J connectivity index is 1.73. The van der Waals surface area contributed by atoms with E-state index >= 15 is 0 Å². The van der Waals surface area contributed by atoms with Crippen LogP contribution in [-0.2, 0) is 11.2 Å². The fourth-order valence-corrected chi connectivity index (χ4v) is 2.59. The number of likely N-dealkylation sites (tertiary alicyclic amines) is 1. The number of hydrogen-bond donors (Lipinski definition) is 1. The normalized spacial score (nSPS) is 18.7. The maximum atomic E-state index is 12.4. The van der Waals surface area contributed by atoms with Gasteiger partial charge in [0.15, 0.2) is 5.82 Å². The Morgan fingerprint density at radius 1 is 1.55 bits per heavy atom. The standard InChI is InChI=1S/C13H17N5O2/c1-8-6-10(20-17-8)7-12(19)18-5-3-4-11(18)13-14-9(2)15-16-13/h6,11H,3-5,7H2,1-2H3,(H,14,15,16)/t11-/m1/s1. The van der Waals surface area contributed by atoms with Crippen molar-refractivity contribution in [2.75, 3.05) is 6.54 Å². The predicted molar refractivity (Wildman–Crippen MR) is 69.8 cm³/mol. The summed E-state index contributed by atoms with van der Waals surface area (Å²) < 4.78 is 5.10.